The fourth-order valence-corrected chi connectivity index (χ4v) is 3.90. The molecule has 1 saturated carbocycles. The van der Waals surface area contributed by atoms with Crippen molar-refractivity contribution in [3.8, 4) is 5.75 Å². The van der Waals surface area contributed by atoms with Gasteiger partial charge in [-0.15, -0.1) is 0 Å². The van der Waals surface area contributed by atoms with E-state index in [9.17, 15) is 18.0 Å². The van der Waals surface area contributed by atoms with Crippen molar-refractivity contribution < 1.29 is 22.7 Å². The average Bonchev–Trinajstić information content (AvgIpc) is 2.72. The number of halogens is 3. The number of hydrogen-bond donors (Lipinski definition) is 2. The predicted molar refractivity (Wildman–Crippen MR) is 110 cm³/mol. The molecule has 2 aliphatic rings. The Morgan fingerprint density at radius 3 is 2.67 bits per heavy atom. The molecule has 1 fully saturated rings. The number of hydrogen-bond acceptors (Lipinski definition) is 3. The zero-order chi connectivity index (χ0) is 21.6. The van der Waals surface area contributed by atoms with E-state index in [1.165, 1.54) is 0 Å². The normalized spacial score (nSPS) is 22.3. The van der Waals surface area contributed by atoms with Crippen LogP contribution in [0.1, 0.15) is 39.0 Å². The molecule has 166 valence electrons. The summed E-state index contributed by atoms with van der Waals surface area (Å²) < 4.78 is 44.0. The van der Waals surface area contributed by atoms with Crippen LogP contribution < -0.4 is 20.3 Å². The molecule has 1 aromatic rings. The van der Waals surface area contributed by atoms with Gasteiger partial charge in [-0.1, -0.05) is 12.1 Å². The van der Waals surface area contributed by atoms with Gasteiger partial charge in [0.05, 0.1) is 11.6 Å². The highest BCUT2D eigenvalue weighted by atomic mass is 19.4. The van der Waals surface area contributed by atoms with Crippen LogP contribution in [0.15, 0.2) is 29.3 Å². The van der Waals surface area contributed by atoms with Gasteiger partial charge in [0.25, 0.3) is 5.91 Å². The van der Waals surface area contributed by atoms with Gasteiger partial charge in [0, 0.05) is 25.7 Å². The molecule has 3 rings (SSSR count). The van der Waals surface area contributed by atoms with Crippen molar-refractivity contribution in [2.24, 2.45) is 10.9 Å². The van der Waals surface area contributed by atoms with Gasteiger partial charge in [-0.2, -0.15) is 13.2 Å². The molecule has 1 heterocycles. The monoisotopic (exact) mass is 426 g/mol. The van der Waals surface area contributed by atoms with Crippen molar-refractivity contribution in [3.05, 3.63) is 24.3 Å². The van der Waals surface area contributed by atoms with Gasteiger partial charge in [-0.25, -0.2) is 0 Å². The van der Waals surface area contributed by atoms with Gasteiger partial charge in [-0.05, 0) is 51.2 Å². The number of amides is 1. The van der Waals surface area contributed by atoms with Crippen molar-refractivity contribution >= 4 is 17.6 Å². The van der Waals surface area contributed by atoms with Crippen LogP contribution in [0.5, 0.6) is 5.75 Å². The molecule has 2 N–H and O–H groups in total. The fourth-order valence-electron chi connectivity index (χ4n) is 3.90. The molecule has 0 unspecified atom stereocenters. The van der Waals surface area contributed by atoms with Gasteiger partial charge in [0.2, 0.25) is 0 Å². The first-order valence-corrected chi connectivity index (χ1v) is 10.5. The van der Waals surface area contributed by atoms with E-state index in [4.69, 9.17) is 4.74 Å². The lowest BCUT2D eigenvalue weighted by Crippen LogP contribution is -2.46. The maximum absolute atomic E-state index is 12.8. The average molecular weight is 426 g/mol. The molecule has 1 aliphatic carbocycles. The molecular weight excluding hydrogens is 397 g/mol. The molecule has 1 aromatic carbocycles. The molecule has 30 heavy (non-hydrogen) atoms. The first kappa shape index (κ1) is 22.2. The molecular formula is C21H29F3N4O2. The summed E-state index contributed by atoms with van der Waals surface area (Å²) >= 11 is 0. The second-order valence-corrected chi connectivity index (χ2v) is 7.65. The number of anilines is 1. The van der Waals surface area contributed by atoms with E-state index in [-0.39, 0.29) is 31.4 Å². The Labute approximate surface area is 174 Å². The maximum Gasteiger partial charge on any atom is 0.391 e. The highest BCUT2D eigenvalue weighted by Crippen LogP contribution is 2.37. The Hall–Kier alpha value is -2.45. The third kappa shape index (κ3) is 5.79. The summed E-state index contributed by atoms with van der Waals surface area (Å²) in [5, 5.41) is 6.41. The lowest BCUT2D eigenvalue weighted by atomic mass is 9.85. The van der Waals surface area contributed by atoms with Crippen LogP contribution in [0.2, 0.25) is 0 Å². The number of nitrogens with zero attached hydrogens (tertiary/aromatic N) is 2. The molecule has 9 heteroatoms. The summed E-state index contributed by atoms with van der Waals surface area (Å²) in [5.41, 5.74) is 0.768. The smallest absolute Gasteiger partial charge is 0.391 e. The number of aliphatic imine (C=N–C) groups is 1. The van der Waals surface area contributed by atoms with Crippen molar-refractivity contribution in [1.82, 2.24) is 10.6 Å². The molecule has 0 bridgehead atoms. The summed E-state index contributed by atoms with van der Waals surface area (Å²) in [6, 6.07) is 7.43. The van der Waals surface area contributed by atoms with E-state index in [1.54, 1.807) is 4.90 Å². The zero-order valence-electron chi connectivity index (χ0n) is 17.2. The Balaban J connectivity index is 1.49. The predicted octanol–water partition coefficient (Wildman–Crippen LogP) is 3.48. The SMILES string of the molecule is CCNC(=NCCCN1C(=O)COc2ccccc21)NC1CCC(C(F)(F)F)CC1. The second kappa shape index (κ2) is 10.0. The van der Waals surface area contributed by atoms with Crippen molar-refractivity contribution in [3.63, 3.8) is 0 Å². The van der Waals surface area contributed by atoms with Gasteiger partial charge in [-0.3, -0.25) is 9.79 Å². The van der Waals surface area contributed by atoms with Crippen molar-refractivity contribution in [2.75, 3.05) is 31.1 Å². The topological polar surface area (TPSA) is 66.0 Å². The van der Waals surface area contributed by atoms with Crippen LogP contribution in [0.4, 0.5) is 18.9 Å². The Morgan fingerprint density at radius 2 is 1.97 bits per heavy atom. The van der Waals surface area contributed by atoms with E-state index in [0.29, 0.717) is 50.6 Å². The number of guanidine groups is 1. The minimum atomic E-state index is -4.10. The minimum absolute atomic E-state index is 0.00546. The van der Waals surface area contributed by atoms with Crippen molar-refractivity contribution in [1.29, 1.82) is 0 Å². The molecule has 0 aromatic heterocycles. The minimum Gasteiger partial charge on any atom is -0.482 e. The molecule has 0 atom stereocenters. The molecule has 0 saturated heterocycles. The van der Waals surface area contributed by atoms with Crippen LogP contribution in [-0.2, 0) is 4.79 Å². The highest BCUT2D eigenvalue weighted by molar-refractivity contribution is 5.97. The number of carbonyl (C=O) groups is 1. The number of fused-ring (bicyclic) bond motifs is 1. The molecule has 1 amide bonds. The molecule has 1 aliphatic heterocycles. The molecule has 0 radical (unpaired) electrons. The quantitative estimate of drug-likeness (QED) is 0.415. The lowest BCUT2D eigenvalue weighted by Gasteiger charge is -2.31. The first-order chi connectivity index (χ1) is 14.4. The van der Waals surface area contributed by atoms with Gasteiger partial charge in [0.1, 0.15) is 5.75 Å². The molecule has 0 spiro atoms. The van der Waals surface area contributed by atoms with Crippen LogP contribution in [0.25, 0.3) is 0 Å². The zero-order valence-corrected chi connectivity index (χ0v) is 17.2. The highest BCUT2D eigenvalue weighted by Gasteiger charge is 2.41. The summed E-state index contributed by atoms with van der Waals surface area (Å²) in [5.74, 6) is 0.0416. The number of para-hydroxylation sites is 2. The van der Waals surface area contributed by atoms with E-state index >= 15 is 0 Å². The van der Waals surface area contributed by atoms with E-state index in [0.717, 1.165) is 5.69 Å². The standard InChI is InChI=1S/C21H29F3N4O2/c1-2-25-20(27-16-10-8-15(9-11-16)21(22,23)24)26-12-5-13-28-17-6-3-4-7-18(17)30-14-19(28)29/h3-4,6-7,15-16H,2,5,8-14H2,1H3,(H2,25,26,27). The number of nitrogens with one attached hydrogen (secondary N) is 2. The van der Waals surface area contributed by atoms with Crippen LogP contribution in [-0.4, -0.2) is 50.3 Å². The number of alkyl halides is 3. The lowest BCUT2D eigenvalue weighted by molar-refractivity contribution is -0.182. The van der Waals surface area contributed by atoms with Gasteiger partial charge >= 0.3 is 6.18 Å². The third-order valence-corrected chi connectivity index (χ3v) is 5.49. The Morgan fingerprint density at radius 1 is 1.23 bits per heavy atom. The summed E-state index contributed by atoms with van der Waals surface area (Å²) in [4.78, 5) is 18.5. The molecule has 6 nitrogen and oxygen atoms in total. The van der Waals surface area contributed by atoms with E-state index in [2.05, 4.69) is 15.6 Å². The number of benzene rings is 1. The fraction of sp³-hybridized carbons (Fsp3) is 0.619. The van der Waals surface area contributed by atoms with Crippen LogP contribution >= 0.6 is 0 Å². The van der Waals surface area contributed by atoms with Crippen LogP contribution in [0, 0.1) is 5.92 Å². The van der Waals surface area contributed by atoms with Gasteiger partial charge < -0.3 is 20.3 Å². The van der Waals surface area contributed by atoms with E-state index < -0.39 is 12.1 Å². The maximum atomic E-state index is 12.8. The largest absolute Gasteiger partial charge is 0.482 e. The summed E-state index contributed by atoms with van der Waals surface area (Å²) in [6.45, 7) is 3.67. The third-order valence-electron chi connectivity index (χ3n) is 5.49. The van der Waals surface area contributed by atoms with E-state index in [1.807, 2.05) is 31.2 Å². The first-order valence-electron chi connectivity index (χ1n) is 10.5. The van der Waals surface area contributed by atoms with Crippen LogP contribution in [0.3, 0.4) is 0 Å². The summed E-state index contributed by atoms with van der Waals surface area (Å²) in [6.07, 6.45) is -2.17. The number of rotatable bonds is 6. The number of carbonyl (C=O) groups excluding carboxylic acids is 1. The van der Waals surface area contributed by atoms with Crippen molar-refractivity contribution in [2.45, 2.75) is 51.2 Å². The number of ether oxygens (including phenoxy) is 1. The van der Waals surface area contributed by atoms with Gasteiger partial charge in [0.15, 0.2) is 12.6 Å². The summed E-state index contributed by atoms with van der Waals surface area (Å²) in [7, 11) is 0. The second-order valence-electron chi connectivity index (χ2n) is 7.65. The Kier molecular flexibility index (Phi) is 7.44. The Bertz CT molecular complexity index is 746.